The van der Waals surface area contributed by atoms with Crippen LogP contribution in [0, 0.1) is 6.92 Å². The molecule has 0 aliphatic heterocycles. The lowest BCUT2D eigenvalue weighted by molar-refractivity contribution is -0.116. The van der Waals surface area contributed by atoms with Crippen LogP contribution >= 0.6 is 11.6 Å². The second-order valence-electron chi connectivity index (χ2n) is 3.81. The van der Waals surface area contributed by atoms with Crippen LogP contribution in [-0.2, 0) is 4.79 Å². The van der Waals surface area contributed by atoms with Crippen molar-refractivity contribution in [2.45, 2.75) is 12.3 Å². The van der Waals surface area contributed by atoms with Gasteiger partial charge in [-0.3, -0.25) is 4.79 Å². The van der Waals surface area contributed by atoms with Gasteiger partial charge >= 0.3 is 5.38 Å². The van der Waals surface area contributed by atoms with Gasteiger partial charge in [-0.1, -0.05) is 0 Å². The molecule has 104 valence electrons. The molecule has 1 aromatic rings. The highest BCUT2D eigenvalue weighted by molar-refractivity contribution is 6.23. The zero-order valence-corrected chi connectivity index (χ0v) is 11.0. The summed E-state index contributed by atoms with van der Waals surface area (Å²) in [5, 5.41) is 1.92. The molecule has 0 saturated carbocycles. The number of nitrogens with one attached hydrogen (secondary N) is 2. The Morgan fingerprint density at radius 3 is 2.89 bits per heavy atom. The second kappa shape index (κ2) is 7.04. The minimum absolute atomic E-state index is 0.284. The molecule has 1 heterocycles. The van der Waals surface area contributed by atoms with Crippen molar-refractivity contribution in [3.8, 4) is 0 Å². The predicted molar refractivity (Wildman–Crippen MR) is 70.4 cm³/mol. The molecular formula is C12H14ClF2N3O. The molecule has 0 saturated heterocycles. The highest BCUT2D eigenvalue weighted by Gasteiger charge is 2.19. The van der Waals surface area contributed by atoms with Gasteiger partial charge in [0, 0.05) is 31.4 Å². The van der Waals surface area contributed by atoms with E-state index in [0.717, 1.165) is 5.56 Å². The number of rotatable bonds is 6. The smallest absolute Gasteiger partial charge is 0.341 e. The van der Waals surface area contributed by atoms with E-state index in [4.69, 9.17) is 0 Å². The molecular weight excluding hydrogens is 276 g/mol. The van der Waals surface area contributed by atoms with Gasteiger partial charge in [-0.15, -0.1) is 0 Å². The Hall–Kier alpha value is -1.69. The monoisotopic (exact) mass is 289 g/mol. The fraction of sp³-hybridized carbons (Fsp3) is 0.333. The van der Waals surface area contributed by atoms with Crippen LogP contribution in [0.1, 0.15) is 5.56 Å². The first kappa shape index (κ1) is 15.4. The predicted octanol–water partition coefficient (Wildman–Crippen LogP) is 2.31. The van der Waals surface area contributed by atoms with Gasteiger partial charge in [0.25, 0.3) is 0 Å². The molecule has 1 rings (SSSR count). The Labute approximate surface area is 114 Å². The van der Waals surface area contributed by atoms with E-state index >= 15 is 0 Å². The van der Waals surface area contributed by atoms with Crippen LogP contribution in [0.3, 0.4) is 0 Å². The zero-order valence-electron chi connectivity index (χ0n) is 10.3. The Bertz CT molecular complexity index is 461. The Balaban J connectivity index is 2.24. The number of halogens is 3. The van der Waals surface area contributed by atoms with Crippen LogP contribution in [-0.4, -0.2) is 29.4 Å². The summed E-state index contributed by atoms with van der Waals surface area (Å²) in [6.45, 7) is 2.66. The number of aromatic nitrogens is 1. The summed E-state index contributed by atoms with van der Waals surface area (Å²) >= 11 is 4.61. The van der Waals surface area contributed by atoms with E-state index in [1.54, 1.807) is 6.20 Å². The topological polar surface area (TPSA) is 54.0 Å². The largest absolute Gasteiger partial charge is 0.368 e. The van der Waals surface area contributed by atoms with E-state index in [0.29, 0.717) is 24.5 Å². The molecule has 0 bridgehead atoms. The third-order valence-electron chi connectivity index (χ3n) is 2.07. The average Bonchev–Trinajstić information content (AvgIpc) is 2.31. The van der Waals surface area contributed by atoms with E-state index in [1.165, 1.54) is 0 Å². The van der Waals surface area contributed by atoms with Crippen LogP contribution in [0.5, 0.6) is 0 Å². The summed E-state index contributed by atoms with van der Waals surface area (Å²) in [6.07, 6.45) is 2.71. The van der Waals surface area contributed by atoms with Crippen LogP contribution in [0.25, 0.3) is 0 Å². The number of allylic oxidation sites excluding steroid dienone is 1. The summed E-state index contributed by atoms with van der Waals surface area (Å²) in [6, 6.07) is 3.72. The van der Waals surface area contributed by atoms with Gasteiger partial charge in [0.15, 0.2) is 0 Å². The van der Waals surface area contributed by atoms with Crippen molar-refractivity contribution < 1.29 is 13.6 Å². The first-order valence-corrected chi connectivity index (χ1v) is 5.95. The number of anilines is 1. The van der Waals surface area contributed by atoms with Gasteiger partial charge in [-0.2, -0.15) is 8.78 Å². The lowest BCUT2D eigenvalue weighted by Crippen LogP contribution is -2.27. The molecule has 0 atom stereocenters. The second-order valence-corrected chi connectivity index (χ2v) is 4.32. The summed E-state index contributed by atoms with van der Waals surface area (Å²) in [4.78, 5) is 15.2. The lowest BCUT2D eigenvalue weighted by atomic mass is 10.3. The molecule has 2 N–H and O–H groups in total. The molecule has 0 fully saturated rings. The van der Waals surface area contributed by atoms with E-state index in [-0.39, 0.29) is 6.54 Å². The lowest BCUT2D eigenvalue weighted by Gasteiger charge is -2.06. The van der Waals surface area contributed by atoms with Gasteiger partial charge < -0.3 is 10.6 Å². The maximum absolute atomic E-state index is 12.2. The molecule has 0 spiro atoms. The molecule has 0 aromatic carbocycles. The van der Waals surface area contributed by atoms with Crippen LogP contribution in [0.2, 0.25) is 0 Å². The van der Waals surface area contributed by atoms with Gasteiger partial charge in [0.1, 0.15) is 5.82 Å². The number of alkyl halides is 3. The minimum atomic E-state index is -3.50. The van der Waals surface area contributed by atoms with E-state index in [9.17, 15) is 13.6 Å². The number of nitrogens with zero attached hydrogens (tertiary/aromatic N) is 1. The van der Waals surface area contributed by atoms with E-state index < -0.39 is 11.3 Å². The van der Waals surface area contributed by atoms with Crippen LogP contribution in [0.4, 0.5) is 14.6 Å². The molecule has 7 heteroatoms. The third kappa shape index (κ3) is 7.35. The average molecular weight is 290 g/mol. The maximum Gasteiger partial charge on any atom is 0.341 e. The van der Waals surface area contributed by atoms with Crippen molar-refractivity contribution in [1.29, 1.82) is 0 Å². The summed E-state index contributed by atoms with van der Waals surface area (Å²) in [5.41, 5.74) is 1.06. The zero-order chi connectivity index (χ0) is 14.3. The van der Waals surface area contributed by atoms with Crippen LogP contribution in [0.15, 0.2) is 30.5 Å². The number of amides is 1. The summed E-state index contributed by atoms with van der Waals surface area (Å²) in [5.74, 6) is 0.0661. The Morgan fingerprint density at radius 2 is 2.26 bits per heavy atom. The third-order valence-corrected chi connectivity index (χ3v) is 2.20. The Kier molecular flexibility index (Phi) is 5.69. The van der Waals surface area contributed by atoms with Crippen molar-refractivity contribution in [3.63, 3.8) is 0 Å². The summed E-state index contributed by atoms with van der Waals surface area (Å²) < 4.78 is 24.4. The standard InChI is InChI=1S/C12H14ClF2N3O/c1-9-3-5-16-10(8-9)17-6-7-18-11(19)2-4-12(13,14)15/h2-5,8H,6-7H2,1H3,(H,16,17)(H,18,19)/b4-2+. The maximum atomic E-state index is 12.2. The molecule has 0 radical (unpaired) electrons. The summed E-state index contributed by atoms with van der Waals surface area (Å²) in [7, 11) is 0. The minimum Gasteiger partial charge on any atom is -0.368 e. The molecule has 0 unspecified atom stereocenters. The van der Waals surface area contributed by atoms with Crippen molar-refractivity contribution in [2.24, 2.45) is 0 Å². The quantitative estimate of drug-likeness (QED) is 0.480. The molecule has 0 aliphatic rings. The molecule has 1 amide bonds. The number of hydrogen-bond donors (Lipinski definition) is 2. The fourth-order valence-corrected chi connectivity index (χ4v) is 1.30. The van der Waals surface area contributed by atoms with Crippen LogP contribution < -0.4 is 10.6 Å². The van der Waals surface area contributed by atoms with Crippen molar-refractivity contribution in [1.82, 2.24) is 10.3 Å². The first-order valence-electron chi connectivity index (χ1n) is 5.57. The highest BCUT2D eigenvalue weighted by Crippen LogP contribution is 2.19. The normalized spacial score (nSPS) is 11.6. The number of carbonyl (C=O) groups is 1. The molecule has 0 aliphatic carbocycles. The van der Waals surface area contributed by atoms with E-state index in [1.807, 2.05) is 19.1 Å². The number of carbonyl (C=O) groups excluding carboxylic acids is 1. The van der Waals surface area contributed by atoms with Gasteiger partial charge in [0.05, 0.1) is 0 Å². The molecule has 4 nitrogen and oxygen atoms in total. The van der Waals surface area contributed by atoms with Gasteiger partial charge in [-0.25, -0.2) is 4.98 Å². The van der Waals surface area contributed by atoms with Crippen molar-refractivity contribution in [2.75, 3.05) is 18.4 Å². The van der Waals surface area contributed by atoms with E-state index in [2.05, 4.69) is 27.2 Å². The number of pyridine rings is 1. The molecule has 19 heavy (non-hydrogen) atoms. The Morgan fingerprint density at radius 1 is 1.53 bits per heavy atom. The van der Waals surface area contributed by atoms with Crippen molar-refractivity contribution >= 4 is 23.3 Å². The fourth-order valence-electron chi connectivity index (χ4n) is 1.24. The van der Waals surface area contributed by atoms with Gasteiger partial charge in [0.2, 0.25) is 5.91 Å². The number of aryl methyl sites for hydroxylation is 1. The van der Waals surface area contributed by atoms with Gasteiger partial charge in [-0.05, 0) is 36.2 Å². The highest BCUT2D eigenvalue weighted by atomic mass is 35.5. The first-order chi connectivity index (χ1) is 8.87. The number of hydrogen-bond acceptors (Lipinski definition) is 3. The SMILES string of the molecule is Cc1ccnc(NCCNC(=O)/C=C/C(F)(F)Cl)c1. The van der Waals surface area contributed by atoms with Crippen molar-refractivity contribution in [3.05, 3.63) is 36.0 Å². The molecule has 1 aromatic heterocycles.